The Kier molecular flexibility index (Phi) is 3.38. The molecule has 1 saturated carbocycles. The van der Waals surface area contributed by atoms with Gasteiger partial charge in [-0.25, -0.2) is 0 Å². The first-order valence-corrected chi connectivity index (χ1v) is 7.74. The monoisotopic (exact) mass is 267 g/mol. The second-order valence-corrected chi connectivity index (χ2v) is 7.79. The third kappa shape index (κ3) is 2.91. The lowest BCUT2D eigenvalue weighted by molar-refractivity contribution is 0.129. The summed E-state index contributed by atoms with van der Waals surface area (Å²) in [6, 6.07) is 11.1. The highest BCUT2D eigenvalue weighted by molar-refractivity contribution is 5.33. The van der Waals surface area contributed by atoms with Crippen LogP contribution in [0, 0.1) is 22.7 Å². The zero-order chi connectivity index (χ0) is 14.2. The predicted octanol–water partition coefficient (Wildman–Crippen LogP) is 3.94. The van der Waals surface area contributed by atoms with Gasteiger partial charge in [-0.3, -0.25) is 4.90 Å². The Balaban J connectivity index is 1.67. The van der Waals surface area contributed by atoms with Gasteiger partial charge in [0, 0.05) is 18.2 Å². The van der Waals surface area contributed by atoms with Crippen LogP contribution in [0.5, 0.6) is 0 Å². The Morgan fingerprint density at radius 2 is 1.90 bits per heavy atom. The third-order valence-corrected chi connectivity index (χ3v) is 4.81. The number of likely N-dealkylation sites (tertiary alicyclic amines) is 1. The fourth-order valence-corrected chi connectivity index (χ4v) is 4.53. The summed E-state index contributed by atoms with van der Waals surface area (Å²) < 4.78 is 0. The first-order chi connectivity index (χ1) is 9.46. The van der Waals surface area contributed by atoms with E-state index in [1.165, 1.54) is 25.8 Å². The van der Waals surface area contributed by atoms with E-state index in [0.717, 1.165) is 18.2 Å². The highest BCUT2D eigenvalue weighted by atomic mass is 15.2. The second-order valence-electron chi connectivity index (χ2n) is 7.79. The van der Waals surface area contributed by atoms with Crippen LogP contribution in [-0.2, 0) is 0 Å². The van der Waals surface area contributed by atoms with Gasteiger partial charge in [-0.05, 0) is 42.2 Å². The molecule has 3 rings (SSSR count). The van der Waals surface area contributed by atoms with E-state index in [-0.39, 0.29) is 0 Å². The molecule has 1 heterocycles. The lowest BCUT2D eigenvalue weighted by atomic mass is 9.65. The van der Waals surface area contributed by atoms with Crippen molar-refractivity contribution in [2.75, 3.05) is 13.1 Å². The minimum Gasteiger partial charge on any atom is -0.289 e. The summed E-state index contributed by atoms with van der Waals surface area (Å²) >= 11 is 0. The van der Waals surface area contributed by atoms with E-state index < -0.39 is 0 Å². The number of rotatable bonds is 1. The molecule has 0 radical (unpaired) electrons. The van der Waals surface area contributed by atoms with Crippen LogP contribution in [0.15, 0.2) is 30.3 Å². The number of hydrogen-bond acceptors (Lipinski definition) is 1. The molecule has 1 aromatic rings. The standard InChI is InChI=1S/C19H25N/c1-18(2)12-17-13-19(3,14-18)15-20(17)11-7-10-16-8-5-4-6-9-16/h4-6,8-9,17H,11-15H2,1-3H3/t17-,19+/m1/s1. The zero-order valence-corrected chi connectivity index (χ0v) is 12.9. The lowest BCUT2D eigenvalue weighted by Crippen LogP contribution is -2.34. The largest absolute Gasteiger partial charge is 0.289 e. The van der Waals surface area contributed by atoms with Crippen LogP contribution in [0.25, 0.3) is 0 Å². The van der Waals surface area contributed by atoms with E-state index in [1.807, 2.05) is 6.07 Å². The first-order valence-electron chi connectivity index (χ1n) is 7.74. The highest BCUT2D eigenvalue weighted by Gasteiger charge is 2.49. The molecule has 1 nitrogen and oxygen atoms in total. The van der Waals surface area contributed by atoms with Gasteiger partial charge in [-0.2, -0.15) is 0 Å². The van der Waals surface area contributed by atoms with Crippen molar-refractivity contribution in [2.24, 2.45) is 10.8 Å². The van der Waals surface area contributed by atoms with Crippen molar-refractivity contribution in [3.05, 3.63) is 35.9 Å². The number of hydrogen-bond donors (Lipinski definition) is 0. The topological polar surface area (TPSA) is 3.24 Å². The number of nitrogens with zero attached hydrogens (tertiary/aromatic N) is 1. The van der Waals surface area contributed by atoms with Crippen molar-refractivity contribution < 1.29 is 0 Å². The molecule has 1 heteroatoms. The minimum atomic E-state index is 0.499. The van der Waals surface area contributed by atoms with Crippen LogP contribution < -0.4 is 0 Å². The van der Waals surface area contributed by atoms with E-state index in [9.17, 15) is 0 Å². The molecule has 106 valence electrons. The van der Waals surface area contributed by atoms with Gasteiger partial charge < -0.3 is 0 Å². The normalized spacial score (nSPS) is 31.6. The predicted molar refractivity (Wildman–Crippen MR) is 84.4 cm³/mol. The Labute approximate surface area is 123 Å². The molecule has 0 unspecified atom stereocenters. The molecule has 1 aliphatic heterocycles. The number of benzene rings is 1. The molecule has 20 heavy (non-hydrogen) atoms. The summed E-state index contributed by atoms with van der Waals surface area (Å²) in [5.74, 6) is 6.67. The Morgan fingerprint density at radius 3 is 2.65 bits per heavy atom. The van der Waals surface area contributed by atoms with E-state index in [2.05, 4.69) is 61.8 Å². The highest BCUT2D eigenvalue weighted by Crippen LogP contribution is 2.52. The van der Waals surface area contributed by atoms with Crippen LogP contribution in [0.2, 0.25) is 0 Å². The zero-order valence-electron chi connectivity index (χ0n) is 12.9. The van der Waals surface area contributed by atoms with Gasteiger partial charge in [-0.15, -0.1) is 0 Å². The molecular weight excluding hydrogens is 242 g/mol. The molecule has 0 amide bonds. The van der Waals surface area contributed by atoms with Crippen molar-refractivity contribution >= 4 is 0 Å². The SMILES string of the molecule is CC1(C)C[C@@H]2C[C@](C)(CN2CC#Cc2ccccc2)C1. The van der Waals surface area contributed by atoms with Gasteiger partial charge in [-0.1, -0.05) is 50.8 Å². The average molecular weight is 267 g/mol. The number of fused-ring (bicyclic) bond motifs is 2. The maximum Gasteiger partial charge on any atom is 0.0607 e. The molecule has 1 aromatic carbocycles. The van der Waals surface area contributed by atoms with Gasteiger partial charge in [0.15, 0.2) is 0 Å². The quantitative estimate of drug-likeness (QED) is 0.697. The summed E-state index contributed by atoms with van der Waals surface area (Å²) in [6.07, 6.45) is 4.05. The smallest absolute Gasteiger partial charge is 0.0607 e. The van der Waals surface area contributed by atoms with Crippen molar-refractivity contribution in [3.63, 3.8) is 0 Å². The van der Waals surface area contributed by atoms with E-state index in [1.54, 1.807) is 0 Å². The maximum absolute atomic E-state index is 3.38. The summed E-state index contributed by atoms with van der Waals surface area (Å²) in [5, 5.41) is 0. The average Bonchev–Trinajstić information content (AvgIpc) is 2.60. The molecule has 1 saturated heterocycles. The van der Waals surface area contributed by atoms with Crippen molar-refractivity contribution in [1.29, 1.82) is 0 Å². The fourth-order valence-electron chi connectivity index (χ4n) is 4.53. The lowest BCUT2D eigenvalue weighted by Gasteiger charge is -2.39. The molecule has 0 spiro atoms. The van der Waals surface area contributed by atoms with Crippen LogP contribution in [0.4, 0.5) is 0 Å². The van der Waals surface area contributed by atoms with Gasteiger partial charge in [0.25, 0.3) is 0 Å². The molecule has 2 aliphatic rings. The Morgan fingerprint density at radius 1 is 1.15 bits per heavy atom. The van der Waals surface area contributed by atoms with E-state index >= 15 is 0 Å². The molecule has 2 atom stereocenters. The van der Waals surface area contributed by atoms with Crippen molar-refractivity contribution in [3.8, 4) is 11.8 Å². The van der Waals surface area contributed by atoms with Gasteiger partial charge in [0.1, 0.15) is 0 Å². The van der Waals surface area contributed by atoms with E-state index in [4.69, 9.17) is 0 Å². The Hall–Kier alpha value is -1.26. The second kappa shape index (κ2) is 4.93. The first kappa shape index (κ1) is 13.7. The van der Waals surface area contributed by atoms with Gasteiger partial charge in [0.05, 0.1) is 6.54 Å². The summed E-state index contributed by atoms with van der Waals surface area (Å²) in [6.45, 7) is 9.47. The summed E-state index contributed by atoms with van der Waals surface area (Å²) in [7, 11) is 0. The van der Waals surface area contributed by atoms with Crippen molar-refractivity contribution in [1.82, 2.24) is 4.90 Å². The van der Waals surface area contributed by atoms with Crippen LogP contribution >= 0.6 is 0 Å². The molecule has 1 aliphatic carbocycles. The molecule has 2 fully saturated rings. The molecule has 2 bridgehead atoms. The van der Waals surface area contributed by atoms with Crippen molar-refractivity contribution in [2.45, 2.75) is 46.1 Å². The van der Waals surface area contributed by atoms with E-state index in [0.29, 0.717) is 10.8 Å². The van der Waals surface area contributed by atoms with Crippen LogP contribution in [0.1, 0.15) is 45.6 Å². The third-order valence-electron chi connectivity index (χ3n) is 4.81. The minimum absolute atomic E-state index is 0.499. The molecular formula is C19H25N. The molecule has 0 N–H and O–H groups in total. The molecule has 0 aromatic heterocycles. The van der Waals surface area contributed by atoms with Crippen LogP contribution in [-0.4, -0.2) is 24.0 Å². The van der Waals surface area contributed by atoms with Crippen LogP contribution in [0.3, 0.4) is 0 Å². The fraction of sp³-hybridized carbons (Fsp3) is 0.579. The van der Waals surface area contributed by atoms with Gasteiger partial charge >= 0.3 is 0 Å². The Bertz CT molecular complexity index is 534. The summed E-state index contributed by atoms with van der Waals surface area (Å²) in [5.41, 5.74) is 2.14. The van der Waals surface area contributed by atoms with Gasteiger partial charge in [0.2, 0.25) is 0 Å². The summed E-state index contributed by atoms with van der Waals surface area (Å²) in [4.78, 5) is 2.62. The maximum atomic E-state index is 3.38.